The monoisotopic (exact) mass is 330 g/mol. The molecule has 0 unspecified atom stereocenters. The molecular formula is C15H18N6O3. The highest BCUT2D eigenvalue weighted by atomic mass is 16.3. The van der Waals surface area contributed by atoms with Crippen molar-refractivity contribution >= 4 is 17.1 Å². The van der Waals surface area contributed by atoms with E-state index in [1.807, 2.05) is 18.2 Å². The van der Waals surface area contributed by atoms with Crippen LogP contribution in [0.4, 0.5) is 5.95 Å². The Morgan fingerprint density at radius 2 is 1.88 bits per heavy atom. The number of nitrogens with zero attached hydrogens (tertiary/aromatic N) is 4. The molecule has 2 heterocycles. The Balaban J connectivity index is 2.20. The topological polar surface area (TPSA) is 120 Å². The third-order valence-corrected chi connectivity index (χ3v) is 4.02. The van der Waals surface area contributed by atoms with Gasteiger partial charge in [0.25, 0.3) is 5.56 Å². The largest absolute Gasteiger partial charge is 0.387 e. The van der Waals surface area contributed by atoms with Gasteiger partial charge in [-0.1, -0.05) is 30.3 Å². The van der Waals surface area contributed by atoms with Crippen LogP contribution < -0.4 is 22.5 Å². The Hall–Kier alpha value is -2.91. The molecule has 0 saturated heterocycles. The van der Waals surface area contributed by atoms with Gasteiger partial charge in [0.15, 0.2) is 11.2 Å². The molecule has 3 aromatic rings. The van der Waals surface area contributed by atoms with Crippen LogP contribution in [0.15, 0.2) is 39.9 Å². The van der Waals surface area contributed by atoms with Gasteiger partial charge in [0.1, 0.15) is 0 Å². The van der Waals surface area contributed by atoms with Gasteiger partial charge in [-0.25, -0.2) is 10.6 Å². The molecule has 0 aliphatic carbocycles. The minimum absolute atomic E-state index is 0.0630. The summed E-state index contributed by atoms with van der Waals surface area (Å²) in [6.45, 7) is 0.0630. The zero-order valence-electron chi connectivity index (χ0n) is 13.3. The SMILES string of the molecule is Cn1c(=O)c2c(nc(NN)n2C[C@@H](O)c2ccccc2)n(C)c1=O. The fourth-order valence-electron chi connectivity index (χ4n) is 2.69. The lowest BCUT2D eigenvalue weighted by atomic mass is 10.1. The Morgan fingerprint density at radius 1 is 1.21 bits per heavy atom. The maximum absolute atomic E-state index is 12.5. The fourth-order valence-corrected chi connectivity index (χ4v) is 2.69. The molecule has 126 valence electrons. The minimum atomic E-state index is -0.863. The highest BCUT2D eigenvalue weighted by molar-refractivity contribution is 5.74. The van der Waals surface area contributed by atoms with Crippen LogP contribution in [0.3, 0.4) is 0 Å². The van der Waals surface area contributed by atoms with Gasteiger partial charge in [0.05, 0.1) is 12.6 Å². The van der Waals surface area contributed by atoms with Crippen LogP contribution in [-0.2, 0) is 20.6 Å². The van der Waals surface area contributed by atoms with Gasteiger partial charge in [-0.05, 0) is 5.56 Å². The number of imidazole rings is 1. The molecule has 2 aromatic heterocycles. The summed E-state index contributed by atoms with van der Waals surface area (Å²) in [5.74, 6) is 5.69. The van der Waals surface area contributed by atoms with Crippen LogP contribution in [0.25, 0.3) is 11.2 Å². The quantitative estimate of drug-likeness (QED) is 0.436. The van der Waals surface area contributed by atoms with Crippen molar-refractivity contribution in [1.82, 2.24) is 18.7 Å². The van der Waals surface area contributed by atoms with Crippen LogP contribution in [0, 0.1) is 0 Å². The van der Waals surface area contributed by atoms with E-state index in [4.69, 9.17) is 5.84 Å². The van der Waals surface area contributed by atoms with Gasteiger partial charge in [-0.3, -0.25) is 19.4 Å². The molecule has 0 spiro atoms. The summed E-state index contributed by atoms with van der Waals surface area (Å²) in [6.07, 6.45) is -0.863. The summed E-state index contributed by atoms with van der Waals surface area (Å²) < 4.78 is 3.74. The Kier molecular flexibility index (Phi) is 3.96. The number of rotatable bonds is 4. The van der Waals surface area contributed by atoms with Crippen LogP contribution in [0.5, 0.6) is 0 Å². The Labute approximate surface area is 136 Å². The second-order valence-corrected chi connectivity index (χ2v) is 5.49. The van der Waals surface area contributed by atoms with E-state index in [2.05, 4.69) is 10.4 Å². The van der Waals surface area contributed by atoms with E-state index in [-0.39, 0.29) is 23.7 Å². The molecule has 4 N–H and O–H groups in total. The second-order valence-electron chi connectivity index (χ2n) is 5.49. The predicted molar refractivity (Wildman–Crippen MR) is 89.4 cm³/mol. The first-order valence-corrected chi connectivity index (χ1v) is 7.31. The average Bonchev–Trinajstić information content (AvgIpc) is 2.97. The number of aryl methyl sites for hydroxylation is 1. The number of fused-ring (bicyclic) bond motifs is 1. The highest BCUT2D eigenvalue weighted by Crippen LogP contribution is 2.21. The Bertz CT molecular complexity index is 1000. The number of nitrogens with two attached hydrogens (primary N) is 1. The number of nitrogens with one attached hydrogen (secondary N) is 1. The van der Waals surface area contributed by atoms with Crippen LogP contribution in [-0.4, -0.2) is 23.8 Å². The van der Waals surface area contributed by atoms with Crippen LogP contribution in [0.1, 0.15) is 11.7 Å². The lowest BCUT2D eigenvalue weighted by molar-refractivity contribution is 0.158. The number of anilines is 1. The van der Waals surface area contributed by atoms with Crippen molar-refractivity contribution < 1.29 is 5.11 Å². The third-order valence-electron chi connectivity index (χ3n) is 4.02. The van der Waals surface area contributed by atoms with Gasteiger partial charge < -0.3 is 9.67 Å². The van der Waals surface area contributed by atoms with Crippen LogP contribution in [0.2, 0.25) is 0 Å². The number of hydrogen-bond donors (Lipinski definition) is 3. The normalized spacial score (nSPS) is 12.5. The summed E-state index contributed by atoms with van der Waals surface area (Å²) in [5, 5.41) is 10.5. The smallest absolute Gasteiger partial charge is 0.332 e. The lowest BCUT2D eigenvalue weighted by Crippen LogP contribution is -2.37. The first kappa shape index (κ1) is 16.0. The average molecular weight is 330 g/mol. The van der Waals surface area contributed by atoms with E-state index < -0.39 is 17.4 Å². The molecule has 3 rings (SSSR count). The summed E-state index contributed by atoms with van der Waals surface area (Å²) >= 11 is 0. The molecular weight excluding hydrogens is 312 g/mol. The summed E-state index contributed by atoms with van der Waals surface area (Å²) in [7, 11) is 2.92. The number of aromatic nitrogens is 4. The molecule has 1 atom stereocenters. The van der Waals surface area contributed by atoms with Crippen LogP contribution >= 0.6 is 0 Å². The molecule has 0 bridgehead atoms. The molecule has 0 aliphatic heterocycles. The molecule has 0 radical (unpaired) electrons. The fraction of sp³-hybridized carbons (Fsp3) is 0.267. The van der Waals surface area contributed by atoms with Gasteiger partial charge in [-0.2, -0.15) is 4.98 Å². The maximum Gasteiger partial charge on any atom is 0.332 e. The van der Waals surface area contributed by atoms with Crippen molar-refractivity contribution in [1.29, 1.82) is 0 Å². The van der Waals surface area contributed by atoms with Crippen molar-refractivity contribution in [3.05, 3.63) is 56.7 Å². The van der Waals surface area contributed by atoms with Gasteiger partial charge in [-0.15, -0.1) is 0 Å². The van der Waals surface area contributed by atoms with Gasteiger partial charge >= 0.3 is 5.69 Å². The highest BCUT2D eigenvalue weighted by Gasteiger charge is 2.21. The summed E-state index contributed by atoms with van der Waals surface area (Å²) in [4.78, 5) is 28.7. The standard InChI is InChI=1S/C15H18N6O3/c1-19-12-11(13(23)20(2)15(19)24)21(14(17-12)18-16)8-10(22)9-6-4-3-5-7-9/h3-7,10,22H,8,16H2,1-2H3,(H,17,18)/t10-/m1/s1. The zero-order valence-corrected chi connectivity index (χ0v) is 13.3. The zero-order chi connectivity index (χ0) is 17.4. The lowest BCUT2D eigenvalue weighted by Gasteiger charge is -2.14. The molecule has 0 amide bonds. The Morgan fingerprint density at radius 3 is 2.50 bits per heavy atom. The number of aliphatic hydroxyl groups excluding tert-OH is 1. The van der Waals surface area contributed by atoms with E-state index in [9.17, 15) is 14.7 Å². The van der Waals surface area contributed by atoms with E-state index in [1.54, 1.807) is 12.1 Å². The van der Waals surface area contributed by atoms with Crippen molar-refractivity contribution in [3.8, 4) is 0 Å². The number of nitrogen functional groups attached to an aromatic ring is 1. The number of benzene rings is 1. The van der Waals surface area contributed by atoms with E-state index in [0.717, 1.165) is 4.57 Å². The molecule has 0 aliphatic rings. The predicted octanol–water partition coefficient (Wildman–Crippen LogP) is -0.547. The number of hydrogen-bond acceptors (Lipinski definition) is 6. The number of hydrazine groups is 1. The molecule has 9 nitrogen and oxygen atoms in total. The maximum atomic E-state index is 12.5. The first-order chi connectivity index (χ1) is 11.5. The summed E-state index contributed by atoms with van der Waals surface area (Å²) in [5.41, 5.74) is 2.53. The summed E-state index contributed by atoms with van der Waals surface area (Å²) in [6, 6.07) is 9.05. The van der Waals surface area contributed by atoms with E-state index >= 15 is 0 Å². The molecule has 1 aromatic carbocycles. The van der Waals surface area contributed by atoms with Crippen molar-refractivity contribution in [2.45, 2.75) is 12.6 Å². The van der Waals surface area contributed by atoms with Crippen molar-refractivity contribution in [3.63, 3.8) is 0 Å². The minimum Gasteiger partial charge on any atom is -0.387 e. The third kappa shape index (κ3) is 2.39. The second kappa shape index (κ2) is 5.95. The molecule has 0 fully saturated rings. The van der Waals surface area contributed by atoms with E-state index in [0.29, 0.717) is 5.56 Å². The number of aliphatic hydroxyl groups is 1. The molecule has 24 heavy (non-hydrogen) atoms. The molecule has 9 heteroatoms. The van der Waals surface area contributed by atoms with Gasteiger partial charge in [0.2, 0.25) is 5.95 Å². The van der Waals surface area contributed by atoms with Crippen molar-refractivity contribution in [2.24, 2.45) is 19.9 Å². The first-order valence-electron chi connectivity index (χ1n) is 7.31. The van der Waals surface area contributed by atoms with Crippen molar-refractivity contribution in [2.75, 3.05) is 5.43 Å². The van der Waals surface area contributed by atoms with Gasteiger partial charge in [0, 0.05) is 14.1 Å². The van der Waals surface area contributed by atoms with E-state index in [1.165, 1.54) is 23.2 Å². The molecule has 0 saturated carbocycles.